The molecule has 0 unspecified atom stereocenters. The van der Waals surface area contributed by atoms with E-state index in [4.69, 9.17) is 11.5 Å². The Hall–Kier alpha value is -5.33. The van der Waals surface area contributed by atoms with Gasteiger partial charge in [0.1, 0.15) is 15.5 Å². The van der Waals surface area contributed by atoms with Gasteiger partial charge in [-0.25, -0.2) is 0 Å². The minimum atomic E-state index is -5.12. The molecule has 1 heterocycles. The maximum absolute atomic E-state index is 13.7. The largest absolute Gasteiger partial charge is 0.399 e. The molecule has 0 atom stereocenters. The highest BCUT2D eigenvalue weighted by molar-refractivity contribution is 7.91. The van der Waals surface area contributed by atoms with Gasteiger partial charge in [0.15, 0.2) is 11.1 Å². The second kappa shape index (κ2) is 11.2. The lowest BCUT2D eigenvalue weighted by Crippen LogP contribution is -2.28. The first-order valence-electron chi connectivity index (χ1n) is 13.0. The second-order valence-corrected chi connectivity index (χ2v) is 13.8. The summed E-state index contributed by atoms with van der Waals surface area (Å²) in [6.07, 6.45) is 0.789. The number of nitrogens with two attached hydrogens (primary N) is 2. The Morgan fingerprint density at radius 3 is 2.17 bits per heavy atom. The quantitative estimate of drug-likeness (QED) is 0.0518. The summed E-state index contributed by atoms with van der Waals surface area (Å²) in [6.45, 7) is 0. The first-order chi connectivity index (χ1) is 21.7. The van der Waals surface area contributed by atoms with Crippen LogP contribution in [0.5, 0.6) is 0 Å². The number of fused-ring (bicyclic) bond motifs is 3. The van der Waals surface area contributed by atoms with Crippen molar-refractivity contribution in [3.8, 4) is 0 Å². The summed E-state index contributed by atoms with van der Waals surface area (Å²) >= 11 is 1.33. The summed E-state index contributed by atoms with van der Waals surface area (Å²) in [7, 11) is -10.2. The van der Waals surface area contributed by atoms with Gasteiger partial charge in [-0.15, -0.1) is 16.5 Å². The highest BCUT2D eigenvalue weighted by Crippen LogP contribution is 2.41. The molecule has 1 aliphatic carbocycles. The van der Waals surface area contributed by atoms with E-state index in [2.05, 4.69) is 20.8 Å². The van der Waals surface area contributed by atoms with Gasteiger partial charge < -0.3 is 11.5 Å². The van der Waals surface area contributed by atoms with Gasteiger partial charge in [0.05, 0.1) is 22.6 Å². The van der Waals surface area contributed by atoms with Crippen LogP contribution in [0.15, 0.2) is 103 Å². The maximum Gasteiger partial charge on any atom is 0.296 e. The van der Waals surface area contributed by atoms with E-state index in [9.17, 15) is 35.5 Å². The smallest absolute Gasteiger partial charge is 0.296 e. The maximum atomic E-state index is 13.7. The highest BCUT2D eigenvalue weighted by atomic mass is 32.2. The van der Waals surface area contributed by atoms with Crippen LogP contribution in [0.1, 0.15) is 15.9 Å². The number of carbonyl (C=O) groups is 1. The van der Waals surface area contributed by atoms with Gasteiger partial charge in [-0.2, -0.15) is 27.1 Å². The molecule has 0 saturated carbocycles. The van der Waals surface area contributed by atoms with E-state index in [1.165, 1.54) is 41.7 Å². The van der Waals surface area contributed by atoms with Crippen LogP contribution in [-0.2, 0) is 20.2 Å². The number of Topliss-reactive ketones (excluding diaryl/α,β-unsaturated/α-hetero) is 1. The number of azo groups is 1. The first kappa shape index (κ1) is 30.7. The number of benzene rings is 4. The summed E-state index contributed by atoms with van der Waals surface area (Å²) in [5.74, 6) is -1.11. The van der Waals surface area contributed by atoms with E-state index in [-0.39, 0.29) is 22.4 Å². The molecule has 1 aliphatic rings. The fourth-order valence-electron chi connectivity index (χ4n) is 4.74. The minimum Gasteiger partial charge on any atom is -0.399 e. The summed E-state index contributed by atoms with van der Waals surface area (Å²) in [4.78, 5) is 24.8. The molecule has 17 heteroatoms. The Balaban J connectivity index is 1.47. The summed E-state index contributed by atoms with van der Waals surface area (Å²) in [6, 6.07) is 18.4. The summed E-state index contributed by atoms with van der Waals surface area (Å²) in [5.41, 5.74) is 12.5. The van der Waals surface area contributed by atoms with Gasteiger partial charge in [-0.05, 0) is 72.3 Å². The molecule has 0 fully saturated rings. The van der Waals surface area contributed by atoms with Crippen molar-refractivity contribution in [2.75, 3.05) is 16.9 Å². The molecular weight excluding hydrogens is 657 g/mol. The predicted octanol–water partition coefficient (Wildman–Crippen LogP) is 5.13. The second-order valence-electron chi connectivity index (χ2n) is 9.89. The average Bonchev–Trinajstić information content (AvgIpc) is 2.99. The van der Waals surface area contributed by atoms with Crippen molar-refractivity contribution in [2.24, 2.45) is 15.3 Å². The number of rotatable bonds is 6. The van der Waals surface area contributed by atoms with Gasteiger partial charge in [-0.3, -0.25) is 24.1 Å². The zero-order valence-corrected chi connectivity index (χ0v) is 25.5. The molecule has 232 valence electrons. The van der Waals surface area contributed by atoms with Gasteiger partial charge in [0.2, 0.25) is 5.78 Å². The molecule has 46 heavy (non-hydrogen) atoms. The fourth-order valence-corrected chi connectivity index (χ4v) is 7.18. The minimum absolute atomic E-state index is 0.179. The van der Waals surface area contributed by atoms with E-state index in [0.717, 1.165) is 16.8 Å². The summed E-state index contributed by atoms with van der Waals surface area (Å²) < 4.78 is 70.5. The third-order valence-electron chi connectivity index (χ3n) is 6.88. The van der Waals surface area contributed by atoms with E-state index in [0.29, 0.717) is 21.2 Å². The van der Waals surface area contributed by atoms with Crippen molar-refractivity contribution in [1.82, 2.24) is 0 Å². The zero-order valence-electron chi connectivity index (χ0n) is 23.1. The van der Waals surface area contributed by atoms with Crippen LogP contribution in [-0.4, -0.2) is 37.4 Å². The number of hydrazone groups is 1. The molecule has 0 radical (unpaired) electrons. The van der Waals surface area contributed by atoms with Gasteiger partial charge in [0, 0.05) is 25.9 Å². The lowest BCUT2D eigenvalue weighted by atomic mass is 9.92. The number of hydrogen-bond acceptors (Lipinski definition) is 13. The van der Waals surface area contributed by atoms with E-state index >= 15 is 0 Å². The molecular formula is C29H20N6O8S3. The molecule has 1 aromatic heterocycles. The normalized spacial score (nSPS) is 14.6. The Bertz CT molecular complexity index is 2510. The SMILES string of the molecule is Nc1ccc(/N=N/c2c(S(=O)(=O)O)cc3c(c2N)C(=O)/C(=N\Nc2ccc4c(=O)c5ccccc5sc4c2)C(S(=O)(=O)O)=C3)cc1. The number of hydrogen-bond donors (Lipinski definition) is 5. The van der Waals surface area contributed by atoms with Gasteiger partial charge >= 0.3 is 0 Å². The number of anilines is 3. The van der Waals surface area contributed by atoms with E-state index in [1.54, 1.807) is 36.4 Å². The molecule has 0 amide bonds. The molecule has 4 aromatic carbocycles. The fraction of sp³-hybridized carbons (Fsp3) is 0. The van der Waals surface area contributed by atoms with Gasteiger partial charge in [-0.1, -0.05) is 12.1 Å². The summed E-state index contributed by atoms with van der Waals surface area (Å²) in [5, 5.41) is 12.7. The molecule has 5 aromatic rings. The average molecular weight is 677 g/mol. The van der Waals surface area contributed by atoms with Gasteiger partial charge in [0.25, 0.3) is 20.2 Å². The first-order valence-corrected chi connectivity index (χ1v) is 16.7. The van der Waals surface area contributed by atoms with Crippen LogP contribution < -0.4 is 22.3 Å². The lowest BCUT2D eigenvalue weighted by molar-refractivity contribution is 0.106. The third kappa shape index (κ3) is 5.64. The topological polar surface area (TPSA) is 244 Å². The number of nitrogens with one attached hydrogen (secondary N) is 1. The van der Waals surface area contributed by atoms with Crippen molar-refractivity contribution < 1.29 is 30.7 Å². The number of nitrogen functional groups attached to an aromatic ring is 2. The van der Waals surface area contributed by atoms with Crippen LogP contribution in [0.2, 0.25) is 0 Å². The monoisotopic (exact) mass is 676 g/mol. The van der Waals surface area contributed by atoms with Crippen molar-refractivity contribution >= 4 is 97.8 Å². The zero-order chi connectivity index (χ0) is 33.0. The number of ketones is 1. The molecule has 0 spiro atoms. The number of carbonyl (C=O) groups excluding carboxylic acids is 1. The van der Waals surface area contributed by atoms with Crippen LogP contribution in [0, 0.1) is 0 Å². The van der Waals surface area contributed by atoms with Crippen molar-refractivity contribution in [1.29, 1.82) is 0 Å². The number of allylic oxidation sites excluding steroid dienone is 1. The van der Waals surface area contributed by atoms with Crippen molar-refractivity contribution in [3.63, 3.8) is 0 Å². The molecule has 14 nitrogen and oxygen atoms in total. The van der Waals surface area contributed by atoms with E-state index in [1.807, 2.05) is 0 Å². The van der Waals surface area contributed by atoms with Crippen LogP contribution in [0.3, 0.4) is 0 Å². The number of nitrogens with zero attached hydrogens (tertiary/aromatic N) is 3. The predicted molar refractivity (Wildman–Crippen MR) is 176 cm³/mol. The molecule has 0 bridgehead atoms. The Morgan fingerprint density at radius 1 is 0.783 bits per heavy atom. The third-order valence-corrected chi connectivity index (χ3v) is 9.75. The lowest BCUT2D eigenvalue weighted by Gasteiger charge is -2.20. The standard InChI is InChI=1S/C29H20N6O8S3/c30-15-5-7-16(8-6-15)32-34-26-22(45(38,39)40)11-14-12-23(46(41,42)43)27(29(37)24(14)25(26)31)35-33-17-9-10-19-21(13-17)44-20-4-2-1-3-18(20)28(19)36/h1-13,33H,30-31H2,(H,38,39,40)(H,41,42,43)/b34-32+,35-27-. The Kier molecular flexibility index (Phi) is 7.49. The molecule has 0 aliphatic heterocycles. The Labute approximate surface area is 263 Å². The van der Waals surface area contributed by atoms with Crippen molar-refractivity contribution in [2.45, 2.75) is 4.90 Å². The Morgan fingerprint density at radius 2 is 1.48 bits per heavy atom. The van der Waals surface area contributed by atoms with Crippen LogP contribution in [0.4, 0.5) is 28.4 Å². The molecule has 6 rings (SSSR count). The molecule has 0 saturated heterocycles. The van der Waals surface area contributed by atoms with Crippen LogP contribution in [0.25, 0.3) is 26.2 Å². The van der Waals surface area contributed by atoms with Crippen molar-refractivity contribution in [3.05, 3.63) is 99.1 Å². The highest BCUT2D eigenvalue weighted by Gasteiger charge is 2.37. The van der Waals surface area contributed by atoms with E-state index < -0.39 is 58.5 Å². The van der Waals surface area contributed by atoms with Crippen LogP contribution >= 0.6 is 11.3 Å². The molecule has 7 N–H and O–H groups in total.